The number of hydrogen-bond donors (Lipinski definition) is 2. The normalized spacial score (nSPS) is 16.9. The van der Waals surface area contributed by atoms with Crippen molar-refractivity contribution in [2.45, 2.75) is 39.8 Å². The maximum Gasteiger partial charge on any atom is 0.373 e. The van der Waals surface area contributed by atoms with Crippen LogP contribution in [-0.4, -0.2) is 69.1 Å². The van der Waals surface area contributed by atoms with E-state index >= 15 is 0 Å². The SMILES string of the molecule is CO[Si](C)(COC(=O)C(C)CN(C(C)O)C(C)O)OC. The molecule has 0 aromatic heterocycles. The fourth-order valence-electron chi connectivity index (χ4n) is 1.55. The molecule has 0 fully saturated rings. The van der Waals surface area contributed by atoms with E-state index < -0.39 is 32.9 Å². The van der Waals surface area contributed by atoms with Crippen molar-refractivity contribution in [1.29, 1.82) is 0 Å². The van der Waals surface area contributed by atoms with E-state index in [4.69, 9.17) is 13.6 Å². The van der Waals surface area contributed by atoms with Gasteiger partial charge >= 0.3 is 14.5 Å². The van der Waals surface area contributed by atoms with E-state index in [1.165, 1.54) is 33.0 Å². The summed E-state index contributed by atoms with van der Waals surface area (Å²) in [5.74, 6) is -0.893. The second-order valence-corrected chi connectivity index (χ2v) is 8.38. The third-order valence-electron chi connectivity index (χ3n) is 3.19. The standard InChI is InChI=1S/C12H27NO6Si/c1-9(7-13(10(2)14)11(3)15)12(16)19-8-20(6,17-4)18-5/h9-11,14-15H,7-8H2,1-6H3. The molecule has 0 amide bonds. The molecular formula is C12H27NO6Si. The number of nitrogens with zero attached hydrogens (tertiary/aromatic N) is 1. The van der Waals surface area contributed by atoms with Gasteiger partial charge in [0.2, 0.25) is 0 Å². The van der Waals surface area contributed by atoms with Crippen molar-refractivity contribution < 1.29 is 28.6 Å². The largest absolute Gasteiger partial charge is 0.464 e. The molecule has 8 heteroatoms. The number of rotatable bonds is 9. The van der Waals surface area contributed by atoms with Gasteiger partial charge in [-0.1, -0.05) is 6.92 Å². The number of aliphatic hydroxyl groups is 2. The maximum absolute atomic E-state index is 11.9. The first-order valence-electron chi connectivity index (χ1n) is 6.55. The lowest BCUT2D eigenvalue weighted by Gasteiger charge is -2.30. The van der Waals surface area contributed by atoms with Crippen LogP contribution in [0.5, 0.6) is 0 Å². The summed E-state index contributed by atoms with van der Waals surface area (Å²) < 4.78 is 15.6. The van der Waals surface area contributed by atoms with Crippen molar-refractivity contribution in [1.82, 2.24) is 4.90 Å². The van der Waals surface area contributed by atoms with Gasteiger partial charge in [0.1, 0.15) is 18.7 Å². The van der Waals surface area contributed by atoms with Gasteiger partial charge in [0, 0.05) is 20.8 Å². The molecule has 0 rings (SSSR count). The summed E-state index contributed by atoms with van der Waals surface area (Å²) in [6.45, 7) is 6.74. The third-order valence-corrected chi connectivity index (χ3v) is 5.58. The minimum atomic E-state index is -2.44. The van der Waals surface area contributed by atoms with Crippen molar-refractivity contribution in [2.24, 2.45) is 5.92 Å². The van der Waals surface area contributed by atoms with E-state index in [0.717, 1.165) is 0 Å². The van der Waals surface area contributed by atoms with Crippen molar-refractivity contribution in [3.05, 3.63) is 0 Å². The van der Waals surface area contributed by atoms with Crippen LogP contribution in [0.1, 0.15) is 20.8 Å². The Hall–Kier alpha value is -0.513. The van der Waals surface area contributed by atoms with Crippen LogP contribution in [0.4, 0.5) is 0 Å². The zero-order valence-electron chi connectivity index (χ0n) is 13.1. The van der Waals surface area contributed by atoms with Crippen LogP contribution in [-0.2, 0) is 18.4 Å². The maximum atomic E-state index is 11.9. The quantitative estimate of drug-likeness (QED) is 0.353. The first kappa shape index (κ1) is 19.5. The minimum absolute atomic E-state index is 0.104. The number of aliphatic hydroxyl groups excluding tert-OH is 2. The zero-order valence-corrected chi connectivity index (χ0v) is 14.1. The molecule has 0 saturated heterocycles. The Kier molecular flexibility index (Phi) is 8.48. The van der Waals surface area contributed by atoms with Crippen LogP contribution in [0.2, 0.25) is 6.55 Å². The van der Waals surface area contributed by atoms with Gasteiger partial charge in [-0.15, -0.1) is 0 Å². The average Bonchev–Trinajstić information content (AvgIpc) is 2.40. The van der Waals surface area contributed by atoms with Gasteiger partial charge in [-0.05, 0) is 20.4 Å². The second kappa shape index (κ2) is 8.70. The Labute approximate surface area is 121 Å². The van der Waals surface area contributed by atoms with Crippen LogP contribution in [0.15, 0.2) is 0 Å². The molecule has 0 aliphatic carbocycles. The smallest absolute Gasteiger partial charge is 0.373 e. The van der Waals surface area contributed by atoms with Gasteiger partial charge in [0.15, 0.2) is 0 Å². The molecule has 0 radical (unpaired) electrons. The van der Waals surface area contributed by atoms with Crippen LogP contribution in [0.3, 0.4) is 0 Å². The average molecular weight is 309 g/mol. The fourth-order valence-corrected chi connectivity index (χ4v) is 2.36. The molecule has 20 heavy (non-hydrogen) atoms. The zero-order chi connectivity index (χ0) is 15.9. The predicted octanol–water partition coefficient (Wildman–Crippen LogP) is 0.0483. The molecule has 0 bridgehead atoms. The molecule has 2 N–H and O–H groups in total. The Morgan fingerprint density at radius 3 is 1.95 bits per heavy atom. The lowest BCUT2D eigenvalue weighted by molar-refractivity contribution is -0.151. The van der Waals surface area contributed by atoms with E-state index in [9.17, 15) is 15.0 Å². The Morgan fingerprint density at radius 1 is 1.15 bits per heavy atom. The van der Waals surface area contributed by atoms with E-state index in [-0.39, 0.29) is 12.8 Å². The summed E-state index contributed by atoms with van der Waals surface area (Å²) in [7, 11) is 0.602. The Bertz CT molecular complexity index is 288. The summed E-state index contributed by atoms with van der Waals surface area (Å²) in [6.07, 6.45) is -1.59. The molecule has 3 unspecified atom stereocenters. The van der Waals surface area contributed by atoms with E-state index in [2.05, 4.69) is 0 Å². The molecular weight excluding hydrogens is 282 g/mol. The van der Waals surface area contributed by atoms with Gasteiger partial charge in [0.05, 0.1) is 5.92 Å². The van der Waals surface area contributed by atoms with E-state index in [1.54, 1.807) is 13.5 Å². The number of carbonyl (C=O) groups excluding carboxylic acids is 1. The molecule has 0 aromatic rings. The van der Waals surface area contributed by atoms with E-state index in [0.29, 0.717) is 0 Å². The van der Waals surface area contributed by atoms with Gasteiger partial charge in [-0.25, -0.2) is 0 Å². The second-order valence-electron chi connectivity index (χ2n) is 5.01. The van der Waals surface area contributed by atoms with Crippen molar-refractivity contribution >= 4 is 14.5 Å². The molecule has 7 nitrogen and oxygen atoms in total. The van der Waals surface area contributed by atoms with Crippen molar-refractivity contribution in [3.8, 4) is 0 Å². The summed E-state index contributed by atoms with van der Waals surface area (Å²) >= 11 is 0. The van der Waals surface area contributed by atoms with Crippen molar-refractivity contribution in [2.75, 3.05) is 27.0 Å². The van der Waals surface area contributed by atoms with Crippen molar-refractivity contribution in [3.63, 3.8) is 0 Å². The first-order valence-corrected chi connectivity index (χ1v) is 9.08. The molecule has 0 saturated carbocycles. The minimum Gasteiger partial charge on any atom is -0.464 e. The highest BCUT2D eigenvalue weighted by atomic mass is 28.4. The summed E-state index contributed by atoms with van der Waals surface area (Å²) in [6, 6.07) is 0. The van der Waals surface area contributed by atoms with Gasteiger partial charge in [-0.3, -0.25) is 9.69 Å². The first-order chi connectivity index (χ1) is 9.16. The Balaban J connectivity index is 4.41. The van der Waals surface area contributed by atoms with Crippen LogP contribution < -0.4 is 0 Å². The van der Waals surface area contributed by atoms with Gasteiger partial charge < -0.3 is 23.8 Å². The van der Waals surface area contributed by atoms with Crippen LogP contribution in [0.25, 0.3) is 0 Å². The molecule has 3 atom stereocenters. The Morgan fingerprint density at radius 2 is 1.60 bits per heavy atom. The molecule has 0 heterocycles. The highest BCUT2D eigenvalue weighted by Gasteiger charge is 2.32. The van der Waals surface area contributed by atoms with Gasteiger partial charge in [-0.2, -0.15) is 0 Å². The van der Waals surface area contributed by atoms with Crippen LogP contribution in [0, 0.1) is 5.92 Å². The topological polar surface area (TPSA) is 88.5 Å². The number of ether oxygens (including phenoxy) is 1. The highest BCUT2D eigenvalue weighted by Crippen LogP contribution is 2.11. The van der Waals surface area contributed by atoms with Crippen LogP contribution >= 0.6 is 0 Å². The van der Waals surface area contributed by atoms with E-state index in [1.807, 2.05) is 0 Å². The lowest BCUT2D eigenvalue weighted by Crippen LogP contribution is -2.46. The number of carbonyl (C=O) groups is 1. The molecule has 0 aromatic carbocycles. The molecule has 0 spiro atoms. The third kappa shape index (κ3) is 6.29. The highest BCUT2D eigenvalue weighted by molar-refractivity contribution is 6.65. The predicted molar refractivity (Wildman–Crippen MR) is 75.8 cm³/mol. The molecule has 0 aliphatic rings. The molecule has 0 aliphatic heterocycles. The fraction of sp³-hybridized carbons (Fsp3) is 0.917. The summed E-state index contributed by atoms with van der Waals surface area (Å²) in [5, 5.41) is 19.1. The summed E-state index contributed by atoms with van der Waals surface area (Å²) in [4.78, 5) is 13.3. The summed E-state index contributed by atoms with van der Waals surface area (Å²) in [5.41, 5.74) is 0. The number of esters is 1. The number of hydrogen-bond acceptors (Lipinski definition) is 7. The molecule has 120 valence electrons. The monoisotopic (exact) mass is 309 g/mol. The lowest BCUT2D eigenvalue weighted by atomic mass is 10.1. The van der Waals surface area contributed by atoms with Gasteiger partial charge in [0.25, 0.3) is 0 Å².